The fraction of sp³-hybridized carbons (Fsp3) is 0.346. The number of ether oxygens (including phenoxy) is 2. The summed E-state index contributed by atoms with van der Waals surface area (Å²) in [7, 11) is 1.31. The zero-order valence-corrected chi connectivity index (χ0v) is 21.1. The molecule has 13 heteroatoms. The molecular weight excluding hydrogens is 520 g/mol. The van der Waals surface area contributed by atoms with Crippen molar-refractivity contribution in [2.75, 3.05) is 32.1 Å². The molecule has 0 saturated carbocycles. The van der Waals surface area contributed by atoms with Crippen LogP contribution in [-0.2, 0) is 0 Å². The Morgan fingerprint density at radius 3 is 2.62 bits per heavy atom. The van der Waals surface area contributed by atoms with Crippen LogP contribution >= 0.6 is 0 Å². The van der Waals surface area contributed by atoms with Gasteiger partial charge in [0.15, 0.2) is 0 Å². The van der Waals surface area contributed by atoms with Crippen LogP contribution in [0.3, 0.4) is 0 Å². The predicted molar refractivity (Wildman–Crippen MR) is 135 cm³/mol. The quantitative estimate of drug-likeness (QED) is 0.408. The summed E-state index contributed by atoms with van der Waals surface area (Å²) in [5.74, 6) is -2.33. The molecule has 4 rings (SSSR count). The first-order chi connectivity index (χ1) is 18.6. The van der Waals surface area contributed by atoms with Crippen LogP contribution in [0.25, 0.3) is 0 Å². The summed E-state index contributed by atoms with van der Waals surface area (Å²) in [6.45, 7) is 2.31. The Kier molecular flexibility index (Phi) is 8.25. The summed E-state index contributed by atoms with van der Waals surface area (Å²) in [5, 5.41) is 20.6. The second-order valence-electron chi connectivity index (χ2n) is 8.91. The maximum absolute atomic E-state index is 15.0. The maximum atomic E-state index is 15.0. The van der Waals surface area contributed by atoms with E-state index in [-0.39, 0.29) is 40.3 Å². The van der Waals surface area contributed by atoms with Crippen molar-refractivity contribution in [1.82, 2.24) is 16.0 Å². The summed E-state index contributed by atoms with van der Waals surface area (Å²) in [4.78, 5) is 16.6. The molecule has 2 heterocycles. The molecule has 1 amide bonds. The Balaban J connectivity index is 1.56. The molecule has 4 N–H and O–H groups in total. The van der Waals surface area contributed by atoms with Crippen molar-refractivity contribution in [3.63, 3.8) is 0 Å². The second-order valence-corrected chi connectivity index (χ2v) is 8.91. The van der Waals surface area contributed by atoms with E-state index in [2.05, 4.69) is 26.3 Å². The van der Waals surface area contributed by atoms with E-state index < -0.39 is 35.9 Å². The fourth-order valence-corrected chi connectivity index (χ4v) is 4.16. The van der Waals surface area contributed by atoms with Crippen molar-refractivity contribution in [1.29, 1.82) is 5.26 Å². The number of anilines is 1. The van der Waals surface area contributed by atoms with Crippen molar-refractivity contribution < 1.29 is 31.8 Å². The third kappa shape index (κ3) is 6.40. The lowest BCUT2D eigenvalue weighted by Gasteiger charge is -2.25. The van der Waals surface area contributed by atoms with E-state index in [1.807, 2.05) is 6.07 Å². The van der Waals surface area contributed by atoms with Crippen molar-refractivity contribution in [3.8, 4) is 17.6 Å². The number of piperidine rings is 1. The SMILES string of the molecule is COc1cc(C(=O)NC2CCNCC2)c(F)cc1NC1=NCC(C(F)(F)F)=C(Oc2cccc(C)c2C#N)N1. The highest BCUT2D eigenvalue weighted by molar-refractivity contribution is 5.99. The normalized spacial score (nSPS) is 16.1. The number of alkyl halides is 3. The molecule has 1 saturated heterocycles. The number of guanidine groups is 1. The number of nitrogens with one attached hydrogen (secondary N) is 4. The second kappa shape index (κ2) is 11.6. The van der Waals surface area contributed by atoms with Gasteiger partial charge in [-0.2, -0.15) is 18.4 Å². The van der Waals surface area contributed by atoms with Gasteiger partial charge < -0.3 is 25.4 Å². The van der Waals surface area contributed by atoms with Gasteiger partial charge in [0.25, 0.3) is 5.91 Å². The van der Waals surface area contributed by atoms with Crippen molar-refractivity contribution >= 4 is 17.6 Å². The molecule has 0 radical (unpaired) electrons. The Labute approximate surface area is 221 Å². The molecule has 0 spiro atoms. The van der Waals surface area contributed by atoms with Gasteiger partial charge in [-0.15, -0.1) is 0 Å². The van der Waals surface area contributed by atoms with Crippen LogP contribution in [-0.4, -0.2) is 50.8 Å². The minimum absolute atomic E-state index is 0.0164. The van der Waals surface area contributed by atoms with Gasteiger partial charge in [0.1, 0.15) is 29.0 Å². The number of carbonyl (C=O) groups excluding carboxylic acids is 1. The minimum atomic E-state index is -4.78. The van der Waals surface area contributed by atoms with E-state index in [9.17, 15) is 27.6 Å². The van der Waals surface area contributed by atoms with E-state index in [0.29, 0.717) is 18.4 Å². The van der Waals surface area contributed by atoms with E-state index in [4.69, 9.17) is 9.47 Å². The lowest BCUT2D eigenvalue weighted by Crippen LogP contribution is -2.43. The number of nitrogens with zero attached hydrogens (tertiary/aromatic N) is 2. The topological polar surface area (TPSA) is 120 Å². The van der Waals surface area contributed by atoms with Gasteiger partial charge in [0.05, 0.1) is 30.5 Å². The van der Waals surface area contributed by atoms with Crippen LogP contribution in [0.2, 0.25) is 0 Å². The van der Waals surface area contributed by atoms with Gasteiger partial charge in [0.2, 0.25) is 11.8 Å². The van der Waals surface area contributed by atoms with Gasteiger partial charge >= 0.3 is 6.18 Å². The third-order valence-corrected chi connectivity index (χ3v) is 6.26. The molecule has 0 atom stereocenters. The molecule has 0 unspecified atom stereocenters. The molecule has 206 valence electrons. The van der Waals surface area contributed by atoms with Crippen molar-refractivity contribution in [3.05, 3.63) is 64.3 Å². The molecule has 0 aromatic heterocycles. The number of hydrogen-bond acceptors (Lipinski definition) is 8. The Bertz CT molecular complexity index is 1360. The van der Waals surface area contributed by atoms with Crippen LogP contribution in [0.1, 0.15) is 34.3 Å². The number of amides is 1. The van der Waals surface area contributed by atoms with Gasteiger partial charge in [-0.25, -0.2) is 9.38 Å². The number of carbonyl (C=O) groups is 1. The van der Waals surface area contributed by atoms with E-state index in [1.165, 1.54) is 19.2 Å². The van der Waals surface area contributed by atoms with E-state index in [1.54, 1.807) is 19.1 Å². The average Bonchev–Trinajstić information content (AvgIpc) is 2.89. The zero-order chi connectivity index (χ0) is 28.2. The summed E-state index contributed by atoms with van der Waals surface area (Å²) in [6.07, 6.45) is -3.35. The van der Waals surface area contributed by atoms with Crippen molar-refractivity contribution in [2.45, 2.75) is 32.0 Å². The highest BCUT2D eigenvalue weighted by Gasteiger charge is 2.40. The van der Waals surface area contributed by atoms with Gasteiger partial charge in [-0.1, -0.05) is 12.1 Å². The summed E-state index contributed by atoms with van der Waals surface area (Å²) in [5.41, 5.74) is -0.714. The molecule has 2 aliphatic rings. The van der Waals surface area contributed by atoms with Gasteiger partial charge in [-0.05, 0) is 50.6 Å². The predicted octanol–water partition coefficient (Wildman–Crippen LogP) is 3.72. The zero-order valence-electron chi connectivity index (χ0n) is 21.1. The highest BCUT2D eigenvalue weighted by Crippen LogP contribution is 2.33. The first-order valence-corrected chi connectivity index (χ1v) is 12.1. The average molecular weight is 547 g/mol. The van der Waals surface area contributed by atoms with Crippen LogP contribution < -0.4 is 30.7 Å². The van der Waals surface area contributed by atoms with Crippen LogP contribution in [0, 0.1) is 24.1 Å². The Morgan fingerprint density at radius 2 is 1.95 bits per heavy atom. The van der Waals surface area contributed by atoms with Gasteiger partial charge in [-0.3, -0.25) is 10.1 Å². The molecule has 0 bridgehead atoms. The molecule has 39 heavy (non-hydrogen) atoms. The number of benzene rings is 2. The molecule has 0 aliphatic carbocycles. The number of aryl methyl sites for hydroxylation is 1. The third-order valence-electron chi connectivity index (χ3n) is 6.26. The van der Waals surface area contributed by atoms with Crippen LogP contribution in [0.15, 0.2) is 46.8 Å². The lowest BCUT2D eigenvalue weighted by atomic mass is 10.1. The minimum Gasteiger partial charge on any atom is -0.495 e. The molecule has 9 nitrogen and oxygen atoms in total. The Morgan fingerprint density at radius 1 is 1.21 bits per heavy atom. The first-order valence-electron chi connectivity index (χ1n) is 12.1. The number of nitriles is 1. The summed E-state index contributed by atoms with van der Waals surface area (Å²) < 4.78 is 67.0. The maximum Gasteiger partial charge on any atom is 0.419 e. The summed E-state index contributed by atoms with van der Waals surface area (Å²) in [6, 6.07) is 8.59. The molecular formula is C26H26F4N6O3. The van der Waals surface area contributed by atoms with E-state index >= 15 is 0 Å². The monoisotopic (exact) mass is 546 g/mol. The number of methoxy groups -OCH3 is 1. The lowest BCUT2D eigenvalue weighted by molar-refractivity contribution is -0.0952. The van der Waals surface area contributed by atoms with Crippen molar-refractivity contribution in [2.24, 2.45) is 4.99 Å². The molecule has 2 aromatic rings. The first kappa shape index (κ1) is 27.7. The number of rotatable bonds is 6. The van der Waals surface area contributed by atoms with Crippen LogP contribution in [0.4, 0.5) is 23.2 Å². The van der Waals surface area contributed by atoms with Crippen LogP contribution in [0.5, 0.6) is 11.5 Å². The largest absolute Gasteiger partial charge is 0.495 e. The van der Waals surface area contributed by atoms with E-state index in [0.717, 1.165) is 19.2 Å². The molecule has 1 fully saturated rings. The fourth-order valence-electron chi connectivity index (χ4n) is 4.16. The standard InChI is InChI=1S/C26H26F4N6O3/c1-14-4-3-5-21(17(14)12-31)39-24-18(26(28,29)30)13-33-25(36-24)35-20-11-19(27)16(10-22(20)38-2)23(37)34-15-6-8-32-9-7-15/h3-5,10-11,15,32H,6-9,13H2,1-2H3,(H,34,37)(H2,33,35,36). The Hall–Kier alpha value is -4.31. The summed E-state index contributed by atoms with van der Waals surface area (Å²) >= 11 is 0. The van der Waals surface area contributed by atoms with Gasteiger partial charge in [0, 0.05) is 12.1 Å². The highest BCUT2D eigenvalue weighted by atomic mass is 19.4. The smallest absolute Gasteiger partial charge is 0.419 e. The number of aliphatic imine (C=N–C) groups is 1. The molecule has 2 aliphatic heterocycles. The molecule has 2 aromatic carbocycles. The number of halogens is 4. The number of hydrogen-bond donors (Lipinski definition) is 4.